The van der Waals surface area contributed by atoms with Crippen molar-refractivity contribution in [3.63, 3.8) is 0 Å². The van der Waals surface area contributed by atoms with Gasteiger partial charge in [-0.15, -0.1) is 0 Å². The molecule has 150 valence electrons. The molecule has 2 aromatic rings. The van der Waals surface area contributed by atoms with Crippen molar-refractivity contribution in [1.29, 1.82) is 0 Å². The molecule has 0 aliphatic carbocycles. The topological polar surface area (TPSA) is 107 Å². The van der Waals surface area contributed by atoms with Gasteiger partial charge >= 0.3 is 5.97 Å². The molecule has 1 atom stereocenters. The summed E-state index contributed by atoms with van der Waals surface area (Å²) in [5.74, 6) is -0.629. The number of aromatic nitrogens is 2. The lowest BCUT2D eigenvalue weighted by molar-refractivity contribution is -0.120. The summed E-state index contributed by atoms with van der Waals surface area (Å²) >= 11 is 7.08. The third kappa shape index (κ3) is 6.38. The van der Waals surface area contributed by atoms with E-state index >= 15 is 0 Å². The third-order valence-electron chi connectivity index (χ3n) is 3.83. The molecule has 0 aliphatic heterocycles. The van der Waals surface area contributed by atoms with Crippen LogP contribution in [0.4, 0.5) is 5.82 Å². The zero-order valence-electron chi connectivity index (χ0n) is 15.8. The smallest absolute Gasteiger partial charge is 0.343 e. The molecule has 0 saturated carbocycles. The molecular formula is C19H23ClN4O3S. The van der Waals surface area contributed by atoms with E-state index in [2.05, 4.69) is 15.3 Å². The number of amides is 1. The van der Waals surface area contributed by atoms with E-state index in [0.29, 0.717) is 29.6 Å². The molecule has 0 radical (unpaired) electrons. The molecule has 0 aliphatic rings. The van der Waals surface area contributed by atoms with Crippen LogP contribution in [0.2, 0.25) is 5.02 Å². The van der Waals surface area contributed by atoms with Crippen LogP contribution >= 0.6 is 23.4 Å². The van der Waals surface area contributed by atoms with E-state index in [1.54, 1.807) is 6.92 Å². The van der Waals surface area contributed by atoms with Gasteiger partial charge in [-0.3, -0.25) is 4.79 Å². The standard InChI is InChI=1S/C19H23ClN4O3S/c1-3-15(17(25)22-10-9-12-5-7-13(20)8-6-12)28-19-23-11-14(16(21)24-19)18(26)27-4-2/h5-8,11,15H,3-4,9-10H2,1-2H3,(H,22,25)(H2,21,23,24)/t15-/m1/s1. The van der Waals surface area contributed by atoms with Crippen LogP contribution in [0.5, 0.6) is 0 Å². The van der Waals surface area contributed by atoms with Crippen molar-refractivity contribution in [2.24, 2.45) is 0 Å². The average molecular weight is 423 g/mol. The zero-order valence-corrected chi connectivity index (χ0v) is 17.3. The van der Waals surface area contributed by atoms with E-state index in [4.69, 9.17) is 22.1 Å². The van der Waals surface area contributed by atoms with Crippen molar-refractivity contribution in [3.8, 4) is 0 Å². The van der Waals surface area contributed by atoms with Gasteiger partial charge in [-0.25, -0.2) is 14.8 Å². The summed E-state index contributed by atoms with van der Waals surface area (Å²) in [7, 11) is 0. The van der Waals surface area contributed by atoms with Crippen molar-refractivity contribution >= 4 is 41.1 Å². The largest absolute Gasteiger partial charge is 0.462 e. The third-order valence-corrected chi connectivity index (χ3v) is 5.32. The molecule has 1 aromatic heterocycles. The Hall–Kier alpha value is -2.32. The number of nitrogens with zero attached hydrogens (tertiary/aromatic N) is 2. The predicted octanol–water partition coefficient (Wildman–Crippen LogP) is 3.12. The van der Waals surface area contributed by atoms with E-state index < -0.39 is 5.97 Å². The molecule has 2 rings (SSSR count). The monoisotopic (exact) mass is 422 g/mol. The lowest BCUT2D eigenvalue weighted by Crippen LogP contribution is -2.33. The maximum atomic E-state index is 12.5. The summed E-state index contributed by atoms with van der Waals surface area (Å²) in [6.07, 6.45) is 2.63. The fourth-order valence-electron chi connectivity index (χ4n) is 2.35. The number of ether oxygens (including phenoxy) is 1. The van der Waals surface area contributed by atoms with E-state index in [1.165, 1.54) is 18.0 Å². The van der Waals surface area contributed by atoms with Crippen molar-refractivity contribution in [2.75, 3.05) is 18.9 Å². The Kier molecular flexibility index (Phi) is 8.53. The van der Waals surface area contributed by atoms with Crippen LogP contribution in [-0.4, -0.2) is 40.2 Å². The molecule has 0 saturated heterocycles. The first-order chi connectivity index (χ1) is 13.4. The van der Waals surface area contributed by atoms with E-state index in [-0.39, 0.29) is 29.1 Å². The van der Waals surface area contributed by atoms with Crippen molar-refractivity contribution < 1.29 is 14.3 Å². The first-order valence-electron chi connectivity index (χ1n) is 8.93. The minimum absolute atomic E-state index is 0.0361. The number of nitrogens with two attached hydrogens (primary N) is 1. The molecule has 0 fully saturated rings. The first-order valence-corrected chi connectivity index (χ1v) is 10.2. The molecule has 0 spiro atoms. The highest BCUT2D eigenvalue weighted by Crippen LogP contribution is 2.24. The van der Waals surface area contributed by atoms with Crippen molar-refractivity contribution in [3.05, 3.63) is 46.6 Å². The Balaban J connectivity index is 1.91. The molecule has 3 N–H and O–H groups in total. The number of halogens is 1. The number of nitrogens with one attached hydrogen (secondary N) is 1. The Morgan fingerprint density at radius 1 is 1.29 bits per heavy atom. The first kappa shape index (κ1) is 22.0. The van der Waals surface area contributed by atoms with Crippen LogP contribution in [0.3, 0.4) is 0 Å². The van der Waals surface area contributed by atoms with Crippen molar-refractivity contribution in [1.82, 2.24) is 15.3 Å². The Bertz CT molecular complexity index is 817. The molecule has 9 heteroatoms. The number of thioether (sulfide) groups is 1. The zero-order chi connectivity index (χ0) is 20.5. The molecular weight excluding hydrogens is 400 g/mol. The highest BCUT2D eigenvalue weighted by Gasteiger charge is 2.21. The quantitative estimate of drug-likeness (QED) is 0.363. The number of carbonyl (C=O) groups excluding carboxylic acids is 2. The lowest BCUT2D eigenvalue weighted by atomic mass is 10.1. The van der Waals surface area contributed by atoms with E-state index in [1.807, 2.05) is 31.2 Å². The van der Waals surface area contributed by atoms with Crippen LogP contribution in [0.25, 0.3) is 0 Å². The number of hydrogen-bond acceptors (Lipinski definition) is 7. The number of hydrogen-bond donors (Lipinski definition) is 2. The molecule has 1 amide bonds. The maximum absolute atomic E-state index is 12.5. The summed E-state index contributed by atoms with van der Waals surface area (Å²) in [5, 5.41) is 3.58. The highest BCUT2D eigenvalue weighted by atomic mass is 35.5. The van der Waals surface area contributed by atoms with E-state index in [9.17, 15) is 9.59 Å². The normalized spacial score (nSPS) is 11.7. The van der Waals surface area contributed by atoms with Crippen LogP contribution in [0.1, 0.15) is 36.2 Å². The lowest BCUT2D eigenvalue weighted by Gasteiger charge is -2.14. The van der Waals surface area contributed by atoms with Gasteiger partial charge in [-0.2, -0.15) is 0 Å². The van der Waals surface area contributed by atoms with Gasteiger partial charge in [0.15, 0.2) is 5.16 Å². The maximum Gasteiger partial charge on any atom is 0.343 e. The molecule has 28 heavy (non-hydrogen) atoms. The Morgan fingerprint density at radius 2 is 2.00 bits per heavy atom. The highest BCUT2D eigenvalue weighted by molar-refractivity contribution is 8.00. The summed E-state index contributed by atoms with van der Waals surface area (Å²) in [6.45, 7) is 4.37. The summed E-state index contributed by atoms with van der Waals surface area (Å²) < 4.78 is 4.90. The molecule has 7 nitrogen and oxygen atoms in total. The summed E-state index contributed by atoms with van der Waals surface area (Å²) in [5.41, 5.74) is 7.04. The van der Waals surface area contributed by atoms with Crippen LogP contribution < -0.4 is 11.1 Å². The van der Waals surface area contributed by atoms with Gasteiger partial charge in [-0.05, 0) is 37.5 Å². The van der Waals surface area contributed by atoms with Crippen LogP contribution in [0, 0.1) is 0 Å². The molecule has 0 bridgehead atoms. The minimum Gasteiger partial charge on any atom is -0.462 e. The fourth-order valence-corrected chi connectivity index (χ4v) is 3.35. The molecule has 0 unspecified atom stereocenters. The average Bonchev–Trinajstić information content (AvgIpc) is 2.67. The second-order valence-corrected chi connectivity index (χ2v) is 7.46. The van der Waals surface area contributed by atoms with Gasteiger partial charge in [0.1, 0.15) is 11.4 Å². The van der Waals surface area contributed by atoms with Gasteiger partial charge in [0.25, 0.3) is 0 Å². The Morgan fingerprint density at radius 3 is 2.61 bits per heavy atom. The predicted molar refractivity (Wildman–Crippen MR) is 111 cm³/mol. The van der Waals surface area contributed by atoms with Gasteiger partial charge < -0.3 is 15.8 Å². The number of rotatable bonds is 9. The van der Waals surface area contributed by atoms with Gasteiger partial charge in [0, 0.05) is 17.8 Å². The molecule has 1 heterocycles. The minimum atomic E-state index is -0.566. The van der Waals surface area contributed by atoms with Crippen molar-refractivity contribution in [2.45, 2.75) is 37.1 Å². The number of nitrogen functional groups attached to an aromatic ring is 1. The number of esters is 1. The summed E-state index contributed by atoms with van der Waals surface area (Å²) in [6, 6.07) is 7.51. The van der Waals surface area contributed by atoms with Crippen LogP contribution in [-0.2, 0) is 16.0 Å². The number of anilines is 1. The number of carbonyl (C=O) groups is 2. The van der Waals surface area contributed by atoms with Gasteiger partial charge in [0.2, 0.25) is 5.91 Å². The van der Waals surface area contributed by atoms with E-state index in [0.717, 1.165) is 5.56 Å². The number of benzene rings is 1. The second kappa shape index (κ2) is 10.9. The fraction of sp³-hybridized carbons (Fsp3) is 0.368. The van der Waals surface area contributed by atoms with Gasteiger partial charge in [-0.1, -0.05) is 42.4 Å². The van der Waals surface area contributed by atoms with Crippen LogP contribution in [0.15, 0.2) is 35.6 Å². The second-order valence-electron chi connectivity index (χ2n) is 5.85. The molecule has 1 aromatic carbocycles. The SMILES string of the molecule is CCOC(=O)c1cnc(S[C@H](CC)C(=O)NCCc2ccc(Cl)cc2)nc1N. The summed E-state index contributed by atoms with van der Waals surface area (Å²) in [4.78, 5) is 32.5. The Labute approximate surface area is 173 Å². The van der Waals surface area contributed by atoms with Gasteiger partial charge in [0.05, 0.1) is 11.9 Å².